The molecule has 0 amide bonds. The van der Waals surface area contributed by atoms with Gasteiger partial charge in [-0.05, 0) is 26.7 Å². The van der Waals surface area contributed by atoms with Crippen LogP contribution in [0.5, 0.6) is 0 Å². The maximum atomic E-state index is 10.9. The van der Waals surface area contributed by atoms with E-state index in [4.69, 9.17) is 5.73 Å². The zero-order valence-corrected chi connectivity index (χ0v) is 15.5. The minimum atomic E-state index is -3.09. The molecule has 2 rings (SSSR count). The minimum absolute atomic E-state index is 0. The summed E-state index contributed by atoms with van der Waals surface area (Å²) in [7, 11) is -3.09. The van der Waals surface area contributed by atoms with Gasteiger partial charge in [-0.25, -0.2) is 13.1 Å². The van der Waals surface area contributed by atoms with E-state index in [1.807, 2.05) is 0 Å². The first-order valence-electron chi connectivity index (χ1n) is 7.04. The quantitative estimate of drug-likeness (QED) is 0.748. The molecule has 0 heterocycles. The first-order valence-corrected chi connectivity index (χ1v) is 8.93. The van der Waals surface area contributed by atoms with Crippen molar-refractivity contribution >= 4 is 10.0 Å². The van der Waals surface area contributed by atoms with E-state index in [-0.39, 0.29) is 31.6 Å². The Morgan fingerprint density at radius 1 is 1.14 bits per heavy atom. The van der Waals surface area contributed by atoms with E-state index >= 15 is 0 Å². The molecule has 4 nitrogen and oxygen atoms in total. The molecule has 1 aromatic rings. The van der Waals surface area contributed by atoms with Crippen LogP contribution in [0.1, 0.15) is 36.8 Å². The Balaban J connectivity index is 0.000000390. The van der Waals surface area contributed by atoms with Crippen LogP contribution in [0.4, 0.5) is 0 Å². The third kappa shape index (κ3) is 9.36. The van der Waals surface area contributed by atoms with Gasteiger partial charge in [0.05, 0.1) is 6.26 Å². The van der Waals surface area contributed by atoms with Crippen LogP contribution in [-0.2, 0) is 29.5 Å². The molecule has 1 aliphatic carbocycles. The molecule has 0 unspecified atom stereocenters. The van der Waals surface area contributed by atoms with Gasteiger partial charge in [0.2, 0.25) is 10.0 Å². The van der Waals surface area contributed by atoms with Crippen molar-refractivity contribution in [2.45, 2.75) is 51.6 Å². The van der Waals surface area contributed by atoms with Crippen molar-refractivity contribution in [2.75, 3.05) is 6.26 Å². The second-order valence-electron chi connectivity index (χ2n) is 5.60. The number of nitrogens with two attached hydrogens (primary N) is 1. The number of sulfonamides is 1. The predicted octanol–water partition coefficient (Wildman–Crippen LogP) is 2.11. The van der Waals surface area contributed by atoms with Crippen molar-refractivity contribution in [1.82, 2.24) is 4.72 Å². The van der Waals surface area contributed by atoms with Gasteiger partial charge in [0.1, 0.15) is 0 Å². The molecule has 21 heavy (non-hydrogen) atoms. The maximum absolute atomic E-state index is 10.9. The van der Waals surface area contributed by atoms with Crippen LogP contribution in [0, 0.1) is 13.8 Å². The van der Waals surface area contributed by atoms with E-state index in [9.17, 15) is 8.42 Å². The number of rotatable bonds is 2. The Bertz CT molecular complexity index is 503. The van der Waals surface area contributed by atoms with Crippen molar-refractivity contribution < 1.29 is 27.9 Å². The molecule has 3 N–H and O–H groups in total. The second-order valence-corrected chi connectivity index (χ2v) is 7.38. The van der Waals surface area contributed by atoms with Crippen LogP contribution in [0.3, 0.4) is 0 Å². The largest absolute Gasteiger partial charge is 0.326 e. The molecule has 1 fully saturated rings. The van der Waals surface area contributed by atoms with Crippen molar-refractivity contribution in [3.63, 3.8) is 0 Å². The summed E-state index contributed by atoms with van der Waals surface area (Å²) < 4.78 is 24.3. The Morgan fingerprint density at radius 2 is 1.67 bits per heavy atom. The van der Waals surface area contributed by atoms with Gasteiger partial charge in [0.15, 0.2) is 0 Å². The average molecular weight is 400 g/mol. The van der Waals surface area contributed by atoms with Gasteiger partial charge in [-0.15, -0.1) is 0 Å². The molecular weight excluding hydrogens is 373 g/mol. The molecule has 0 aliphatic heterocycles. The van der Waals surface area contributed by atoms with Crippen molar-refractivity contribution in [3.05, 3.63) is 35.4 Å². The number of nitrogens with one attached hydrogen (secondary N) is 1. The molecule has 0 radical (unpaired) electrons. The second kappa shape index (κ2) is 9.67. The van der Waals surface area contributed by atoms with Gasteiger partial charge < -0.3 is 5.73 Å². The molecule has 1 aliphatic rings. The van der Waals surface area contributed by atoms with Crippen molar-refractivity contribution in [2.24, 2.45) is 5.73 Å². The molecule has 0 saturated heterocycles. The first kappa shape index (κ1) is 20.7. The third-order valence-electron chi connectivity index (χ3n) is 3.36. The zero-order valence-electron chi connectivity index (χ0n) is 12.9. The molecule has 6 heteroatoms. The molecule has 2 atom stereocenters. The summed E-state index contributed by atoms with van der Waals surface area (Å²) in [6, 6.07) is 8.40. The van der Waals surface area contributed by atoms with Crippen LogP contribution in [0.25, 0.3) is 0 Å². The normalized spacial score (nSPS) is 21.7. The van der Waals surface area contributed by atoms with Gasteiger partial charge in [-0.1, -0.05) is 48.2 Å². The first-order chi connectivity index (χ1) is 9.28. The fourth-order valence-corrected chi connectivity index (χ4v) is 3.23. The number of aryl methyl sites for hydroxylation is 2. The van der Waals surface area contributed by atoms with E-state index in [0.29, 0.717) is 0 Å². The summed E-state index contributed by atoms with van der Waals surface area (Å²) >= 11 is 0. The van der Waals surface area contributed by atoms with Crippen LogP contribution in [0.2, 0.25) is 0 Å². The molecule has 1 saturated carbocycles. The smallest absolute Gasteiger partial charge is 0.209 e. The summed E-state index contributed by atoms with van der Waals surface area (Å²) in [6.07, 6.45) is 5.15. The van der Waals surface area contributed by atoms with Crippen LogP contribution in [0.15, 0.2) is 24.3 Å². The van der Waals surface area contributed by atoms with Crippen molar-refractivity contribution in [1.29, 1.82) is 0 Å². The van der Waals surface area contributed by atoms with Crippen LogP contribution in [-0.4, -0.2) is 26.8 Å². The van der Waals surface area contributed by atoms with E-state index in [2.05, 4.69) is 42.8 Å². The van der Waals surface area contributed by atoms with Gasteiger partial charge >= 0.3 is 0 Å². The van der Waals surface area contributed by atoms with E-state index < -0.39 is 10.0 Å². The fraction of sp³-hybridized carbons (Fsp3) is 0.600. The summed E-state index contributed by atoms with van der Waals surface area (Å²) in [5.41, 5.74) is 8.44. The Kier molecular flexibility index (Phi) is 9.54. The average Bonchev–Trinajstić information content (AvgIpc) is 2.31. The molecule has 122 valence electrons. The van der Waals surface area contributed by atoms with E-state index in [1.165, 1.54) is 17.4 Å². The number of benzene rings is 1. The van der Waals surface area contributed by atoms with Gasteiger partial charge in [0.25, 0.3) is 0 Å². The Hall–Kier alpha value is -0.287. The van der Waals surface area contributed by atoms with Crippen LogP contribution < -0.4 is 10.5 Å². The van der Waals surface area contributed by atoms with Gasteiger partial charge in [0, 0.05) is 31.6 Å². The Morgan fingerprint density at radius 3 is 2.05 bits per heavy atom. The molecule has 0 spiro atoms. The molecule has 0 aromatic heterocycles. The third-order valence-corrected chi connectivity index (χ3v) is 4.09. The van der Waals surface area contributed by atoms with E-state index in [1.54, 1.807) is 0 Å². The van der Waals surface area contributed by atoms with Gasteiger partial charge in [-0.3, -0.25) is 0 Å². The predicted molar refractivity (Wildman–Crippen MR) is 84.1 cm³/mol. The SMILES string of the molecule is CS(=O)(=O)N[C@@H]1CCCC[C@H]1N.Cc1cccc(C)c1.[Ru]. The topological polar surface area (TPSA) is 72.2 Å². The molecule has 1 aromatic carbocycles. The molecular formula is C15H26N2O2RuS. The zero-order chi connectivity index (χ0) is 15.2. The number of hydrogen-bond acceptors (Lipinski definition) is 3. The fourth-order valence-electron chi connectivity index (χ4n) is 2.39. The summed E-state index contributed by atoms with van der Waals surface area (Å²) in [5, 5.41) is 0. The maximum Gasteiger partial charge on any atom is 0.209 e. The summed E-state index contributed by atoms with van der Waals surface area (Å²) in [4.78, 5) is 0. The monoisotopic (exact) mass is 400 g/mol. The van der Waals surface area contributed by atoms with Crippen molar-refractivity contribution in [3.8, 4) is 0 Å². The molecule has 0 bridgehead atoms. The summed E-state index contributed by atoms with van der Waals surface area (Å²) in [5.74, 6) is 0. The number of hydrogen-bond donors (Lipinski definition) is 2. The van der Waals surface area contributed by atoms with Gasteiger partial charge in [-0.2, -0.15) is 0 Å². The summed E-state index contributed by atoms with van der Waals surface area (Å²) in [6.45, 7) is 4.21. The van der Waals surface area contributed by atoms with E-state index in [0.717, 1.165) is 25.7 Å². The Labute approximate surface area is 141 Å². The minimum Gasteiger partial charge on any atom is -0.326 e. The van der Waals surface area contributed by atoms with Crippen LogP contribution >= 0.6 is 0 Å². The standard InChI is InChI=1S/C8H10.C7H16N2O2S.Ru/c1-7-4-3-5-8(2)6-7;1-12(10,11)9-7-5-3-2-4-6(7)8;/h3-6H,1-2H3;6-7,9H,2-5,8H2,1H3;/t;6-,7-;/m.1./s1.